The first-order valence-corrected chi connectivity index (χ1v) is 18.8. The van der Waals surface area contributed by atoms with E-state index in [0.717, 1.165) is 49.9 Å². The minimum absolute atomic E-state index is 0.885. The van der Waals surface area contributed by atoms with Crippen LogP contribution in [0.1, 0.15) is 0 Å². The quantitative estimate of drug-likeness (QED) is 0.179. The molecule has 0 amide bonds. The monoisotopic (exact) mass is 700 g/mol. The van der Waals surface area contributed by atoms with E-state index in [9.17, 15) is 0 Å². The Labute approximate surface area is 316 Å². The minimum atomic E-state index is 0.885. The third-order valence-corrected chi connectivity index (χ3v) is 11.5. The maximum Gasteiger partial charge on any atom is 0.159 e. The van der Waals surface area contributed by atoms with Crippen molar-refractivity contribution in [1.29, 1.82) is 0 Å². The van der Waals surface area contributed by atoms with Crippen LogP contribution in [0.2, 0.25) is 0 Å². The number of fused-ring (bicyclic) bond motifs is 10. The third kappa shape index (κ3) is 4.44. The fourth-order valence-electron chi connectivity index (χ4n) is 9.03. The summed E-state index contributed by atoms with van der Waals surface area (Å²) in [5, 5.41) is 9.61. The summed E-state index contributed by atoms with van der Waals surface area (Å²) >= 11 is 0. The number of benzene rings is 9. The van der Waals surface area contributed by atoms with Gasteiger partial charge in [0.05, 0.1) is 27.8 Å². The molecule has 12 aromatic rings. The lowest BCUT2D eigenvalue weighted by molar-refractivity contribution is 0.666. The summed E-state index contributed by atoms with van der Waals surface area (Å²) in [4.78, 5) is 0. The number of hydrogen-bond donors (Lipinski definition) is 0. The molecule has 0 radical (unpaired) electrons. The highest BCUT2D eigenvalue weighted by atomic mass is 16.3. The van der Waals surface area contributed by atoms with Crippen LogP contribution in [-0.4, -0.2) is 9.13 Å². The van der Waals surface area contributed by atoms with Gasteiger partial charge in [0.15, 0.2) is 5.58 Å². The van der Waals surface area contributed by atoms with Crippen LogP contribution in [0.5, 0.6) is 0 Å². The number of nitrogens with zero attached hydrogens (tertiary/aromatic N) is 2. The van der Waals surface area contributed by atoms with Crippen LogP contribution in [0.25, 0.3) is 110 Å². The average Bonchev–Trinajstić information content (AvgIpc) is 3.91. The number of rotatable bonds is 4. The Bertz CT molecular complexity index is 3480. The molecular weight excluding hydrogens is 669 g/mol. The van der Waals surface area contributed by atoms with Gasteiger partial charge in [0, 0.05) is 38.0 Å². The SMILES string of the molecule is c1ccc(-n2c3ccccc3c3ccc(-c4ccc5c(c4)c4ccccc4n5-c4cc(-c5cccc6ccccc56)cc5c4oc4ccccc45)cc32)cc1. The van der Waals surface area contributed by atoms with Crippen LogP contribution in [0.15, 0.2) is 199 Å². The zero-order valence-electron chi connectivity index (χ0n) is 29.8. The summed E-state index contributed by atoms with van der Waals surface area (Å²) < 4.78 is 11.6. The van der Waals surface area contributed by atoms with Gasteiger partial charge in [-0.15, -0.1) is 0 Å². The van der Waals surface area contributed by atoms with Gasteiger partial charge in [-0.2, -0.15) is 0 Å². The summed E-state index contributed by atoms with van der Waals surface area (Å²) in [5.74, 6) is 0. The van der Waals surface area contributed by atoms with Gasteiger partial charge in [-0.05, 0) is 93.7 Å². The van der Waals surface area contributed by atoms with Crippen molar-refractivity contribution in [3.8, 4) is 33.6 Å². The van der Waals surface area contributed by atoms with Crippen LogP contribution >= 0.6 is 0 Å². The van der Waals surface area contributed by atoms with E-state index >= 15 is 0 Å². The van der Waals surface area contributed by atoms with Crippen LogP contribution in [0.3, 0.4) is 0 Å². The molecule has 0 fully saturated rings. The van der Waals surface area contributed by atoms with Gasteiger partial charge in [-0.3, -0.25) is 0 Å². The van der Waals surface area contributed by atoms with E-state index in [4.69, 9.17) is 4.42 Å². The Morgan fingerprint density at radius 2 is 0.927 bits per heavy atom. The molecule has 12 rings (SSSR count). The van der Waals surface area contributed by atoms with E-state index in [1.165, 1.54) is 60.0 Å². The molecule has 9 aromatic carbocycles. The van der Waals surface area contributed by atoms with Crippen LogP contribution in [-0.2, 0) is 0 Å². The number of para-hydroxylation sites is 4. The van der Waals surface area contributed by atoms with Gasteiger partial charge in [0.2, 0.25) is 0 Å². The second-order valence-corrected chi connectivity index (χ2v) is 14.5. The molecule has 3 aromatic heterocycles. The summed E-state index contributed by atoms with van der Waals surface area (Å²) in [6.45, 7) is 0. The van der Waals surface area contributed by atoms with E-state index < -0.39 is 0 Å². The second-order valence-electron chi connectivity index (χ2n) is 14.5. The van der Waals surface area contributed by atoms with Crippen molar-refractivity contribution in [2.75, 3.05) is 0 Å². The van der Waals surface area contributed by atoms with Crippen molar-refractivity contribution in [3.05, 3.63) is 194 Å². The Kier molecular flexibility index (Phi) is 6.34. The highest BCUT2D eigenvalue weighted by Gasteiger charge is 2.21. The Morgan fingerprint density at radius 1 is 0.327 bits per heavy atom. The van der Waals surface area contributed by atoms with Crippen LogP contribution in [0.4, 0.5) is 0 Å². The second kappa shape index (κ2) is 11.6. The molecule has 3 heterocycles. The molecular formula is C52H32N2O. The maximum atomic E-state index is 6.77. The normalized spacial score (nSPS) is 12.0. The lowest BCUT2D eigenvalue weighted by atomic mass is 9.96. The van der Waals surface area contributed by atoms with Gasteiger partial charge in [-0.1, -0.05) is 133 Å². The molecule has 3 heteroatoms. The molecule has 3 nitrogen and oxygen atoms in total. The summed E-state index contributed by atoms with van der Waals surface area (Å²) in [7, 11) is 0. The zero-order valence-corrected chi connectivity index (χ0v) is 29.8. The molecule has 55 heavy (non-hydrogen) atoms. The van der Waals surface area contributed by atoms with E-state index in [2.05, 4.69) is 203 Å². The van der Waals surface area contributed by atoms with Gasteiger partial charge >= 0.3 is 0 Å². The van der Waals surface area contributed by atoms with Crippen molar-refractivity contribution in [2.45, 2.75) is 0 Å². The molecule has 0 spiro atoms. The van der Waals surface area contributed by atoms with Gasteiger partial charge < -0.3 is 13.6 Å². The molecule has 0 aliphatic carbocycles. The van der Waals surface area contributed by atoms with Crippen molar-refractivity contribution in [2.24, 2.45) is 0 Å². The van der Waals surface area contributed by atoms with E-state index in [1.807, 2.05) is 0 Å². The fourth-order valence-corrected chi connectivity index (χ4v) is 9.03. The van der Waals surface area contributed by atoms with Crippen molar-refractivity contribution < 1.29 is 4.42 Å². The molecule has 0 saturated carbocycles. The molecule has 0 bridgehead atoms. The molecule has 0 N–H and O–H groups in total. The molecule has 0 unspecified atom stereocenters. The number of furan rings is 1. The average molecular weight is 701 g/mol. The van der Waals surface area contributed by atoms with E-state index in [1.54, 1.807) is 0 Å². The molecule has 0 aliphatic heterocycles. The first kappa shape index (κ1) is 30.1. The van der Waals surface area contributed by atoms with Crippen LogP contribution in [0, 0.1) is 0 Å². The summed E-state index contributed by atoms with van der Waals surface area (Å²) in [6.07, 6.45) is 0. The predicted octanol–water partition coefficient (Wildman–Crippen LogP) is 14.3. The maximum absolute atomic E-state index is 6.77. The topological polar surface area (TPSA) is 23.0 Å². The van der Waals surface area contributed by atoms with E-state index in [0.29, 0.717) is 0 Å². The van der Waals surface area contributed by atoms with Gasteiger partial charge in [0.25, 0.3) is 0 Å². The molecule has 0 saturated heterocycles. The first-order chi connectivity index (χ1) is 27.3. The van der Waals surface area contributed by atoms with Crippen molar-refractivity contribution in [1.82, 2.24) is 9.13 Å². The molecule has 256 valence electrons. The number of hydrogen-bond acceptors (Lipinski definition) is 1. The van der Waals surface area contributed by atoms with Crippen LogP contribution < -0.4 is 0 Å². The minimum Gasteiger partial charge on any atom is -0.454 e. The predicted molar refractivity (Wildman–Crippen MR) is 231 cm³/mol. The fraction of sp³-hybridized carbons (Fsp3) is 0. The van der Waals surface area contributed by atoms with Gasteiger partial charge in [-0.25, -0.2) is 0 Å². The highest BCUT2D eigenvalue weighted by molar-refractivity contribution is 6.15. The first-order valence-electron chi connectivity index (χ1n) is 18.8. The van der Waals surface area contributed by atoms with Crippen molar-refractivity contribution >= 4 is 76.3 Å². The standard InChI is InChI=1S/C52H32N2O/c1-2-15-37(16-3-1)53-46-22-9-6-18-40(46)42-27-25-35(31-49(42)53)34-26-28-48-44(29-34)41-19-7-10-23-47(41)54(48)50-32-36(39-21-12-14-33-13-4-5-17-38(33)39)30-45-43-20-8-11-24-51(43)55-52(45)50/h1-32H. The van der Waals surface area contributed by atoms with Crippen molar-refractivity contribution in [3.63, 3.8) is 0 Å². The Hall–Kier alpha value is -7.36. The highest BCUT2D eigenvalue weighted by Crippen LogP contribution is 2.43. The third-order valence-electron chi connectivity index (χ3n) is 11.5. The smallest absolute Gasteiger partial charge is 0.159 e. The number of aromatic nitrogens is 2. The summed E-state index contributed by atoms with van der Waals surface area (Å²) in [5.41, 5.74) is 13.4. The lowest BCUT2D eigenvalue weighted by Crippen LogP contribution is -1.96. The Morgan fingerprint density at radius 3 is 1.78 bits per heavy atom. The van der Waals surface area contributed by atoms with Gasteiger partial charge in [0.1, 0.15) is 5.58 Å². The van der Waals surface area contributed by atoms with E-state index in [-0.39, 0.29) is 0 Å². The zero-order chi connectivity index (χ0) is 36.0. The largest absolute Gasteiger partial charge is 0.454 e. The summed E-state index contributed by atoms with van der Waals surface area (Å²) in [6, 6.07) is 70.3. The molecule has 0 atom stereocenters. The Balaban J connectivity index is 1.11. The lowest BCUT2D eigenvalue weighted by Gasteiger charge is -2.13. The molecule has 0 aliphatic rings.